The number of Topliss-reactive ketones (excluding diaryl/α,β-unsaturated/α-hetero) is 1. The molecule has 1 saturated heterocycles. The van der Waals surface area contributed by atoms with E-state index >= 15 is 0 Å². The maximum Gasteiger partial charge on any atom is 0.301 e. The zero-order valence-corrected chi connectivity index (χ0v) is 27.0. The number of rotatable bonds is 11. The Morgan fingerprint density at radius 3 is 2.67 bits per heavy atom. The lowest BCUT2D eigenvalue weighted by Gasteiger charge is -2.24. The number of hydrogen-bond donors (Lipinski definition) is 1. The second-order valence-electron chi connectivity index (χ2n) is 10.00. The van der Waals surface area contributed by atoms with E-state index < -0.39 is 17.7 Å². The molecule has 10 nitrogen and oxygen atoms in total. The number of aliphatic hydroxyl groups is 1. The predicted octanol–water partition coefficient (Wildman–Crippen LogP) is 6.84. The molecule has 1 N–H and O–H groups in total. The van der Waals surface area contributed by atoms with E-state index in [9.17, 15) is 14.7 Å². The molecule has 2 aliphatic heterocycles. The minimum absolute atomic E-state index is 0.121. The molecule has 236 valence electrons. The van der Waals surface area contributed by atoms with Crippen LogP contribution >= 0.6 is 34.7 Å². The lowest BCUT2D eigenvalue weighted by molar-refractivity contribution is -0.132. The largest absolute Gasteiger partial charge is 0.507 e. The molecule has 1 amide bonds. The highest BCUT2D eigenvalue weighted by Gasteiger charge is 2.48. The molecule has 46 heavy (non-hydrogen) atoms. The van der Waals surface area contributed by atoms with Crippen molar-refractivity contribution in [3.05, 3.63) is 101 Å². The number of fused-ring (bicyclic) bond motifs is 1. The molecule has 0 aliphatic carbocycles. The van der Waals surface area contributed by atoms with E-state index in [1.54, 1.807) is 42.5 Å². The van der Waals surface area contributed by atoms with E-state index in [1.807, 2.05) is 31.2 Å². The fourth-order valence-corrected chi connectivity index (χ4v) is 7.19. The number of aromatic nitrogens is 2. The predicted molar refractivity (Wildman–Crippen MR) is 176 cm³/mol. The van der Waals surface area contributed by atoms with Crippen LogP contribution in [0.15, 0.2) is 83.2 Å². The highest BCUT2D eigenvalue weighted by atomic mass is 35.5. The van der Waals surface area contributed by atoms with Crippen molar-refractivity contribution in [3.63, 3.8) is 0 Å². The summed E-state index contributed by atoms with van der Waals surface area (Å²) in [5.41, 5.74) is 1.59. The molecule has 4 aromatic rings. The lowest BCUT2D eigenvalue weighted by Crippen LogP contribution is -2.29. The summed E-state index contributed by atoms with van der Waals surface area (Å²) in [6.45, 7) is 6.87. The number of aliphatic hydroxyl groups excluding tert-OH is 1. The van der Waals surface area contributed by atoms with Crippen molar-refractivity contribution in [3.8, 4) is 23.0 Å². The lowest BCUT2D eigenvalue weighted by atomic mass is 9.95. The molecular formula is C33H28ClN3O7S2. The number of benzene rings is 3. The van der Waals surface area contributed by atoms with Crippen LogP contribution in [0, 0.1) is 0 Å². The summed E-state index contributed by atoms with van der Waals surface area (Å²) in [5, 5.41) is 21.1. The summed E-state index contributed by atoms with van der Waals surface area (Å²) in [5.74, 6) is 0.245. The van der Waals surface area contributed by atoms with Gasteiger partial charge in [-0.1, -0.05) is 71.6 Å². The van der Waals surface area contributed by atoms with E-state index in [1.165, 1.54) is 16.7 Å². The first-order chi connectivity index (χ1) is 22.4. The molecule has 1 atom stereocenters. The first kappa shape index (κ1) is 31.5. The number of carbonyl (C=O) groups excluding carboxylic acids is 2. The van der Waals surface area contributed by atoms with Crippen molar-refractivity contribution in [2.45, 2.75) is 23.1 Å². The van der Waals surface area contributed by atoms with Crippen LogP contribution in [-0.4, -0.2) is 53.4 Å². The first-order valence-electron chi connectivity index (χ1n) is 14.3. The standard InChI is InChI=1S/C33H28ClN3O7S2/c1-3-13-42-23-11-9-19(16-25(23)41-4-2)28-27(29(38)20-10-12-24-26(17-20)44-15-14-43-24)30(39)31(40)37(28)32-35-36-33(46-32)45-18-21-7-5-6-8-22(21)34/h3,5-12,16-17,28,38H,1,4,13-15,18H2,2H3. The van der Waals surface area contributed by atoms with Gasteiger partial charge in [0, 0.05) is 16.3 Å². The number of ketones is 1. The SMILES string of the molecule is C=CCOc1ccc(C2C(=C(O)c3ccc4c(c3)OCCO4)C(=O)C(=O)N2c2nnc(SCc3ccccc3Cl)s2)cc1OCC. The summed E-state index contributed by atoms with van der Waals surface area (Å²) in [7, 11) is 0. The normalized spacial score (nSPS) is 16.8. The van der Waals surface area contributed by atoms with Crippen molar-refractivity contribution in [1.29, 1.82) is 0 Å². The van der Waals surface area contributed by atoms with Gasteiger partial charge < -0.3 is 24.1 Å². The van der Waals surface area contributed by atoms with Crippen LogP contribution in [0.1, 0.15) is 29.7 Å². The minimum Gasteiger partial charge on any atom is -0.507 e. The second kappa shape index (κ2) is 13.9. The van der Waals surface area contributed by atoms with Crippen molar-refractivity contribution in [1.82, 2.24) is 10.2 Å². The van der Waals surface area contributed by atoms with Crippen LogP contribution in [0.25, 0.3) is 5.76 Å². The third kappa shape index (κ3) is 6.28. The zero-order valence-electron chi connectivity index (χ0n) is 24.6. The Morgan fingerprint density at radius 1 is 1.09 bits per heavy atom. The molecule has 13 heteroatoms. The number of ether oxygens (including phenoxy) is 4. The Bertz CT molecular complexity index is 1840. The van der Waals surface area contributed by atoms with E-state index in [0.717, 1.165) is 16.9 Å². The summed E-state index contributed by atoms with van der Waals surface area (Å²) in [6, 6.07) is 16.4. The van der Waals surface area contributed by atoms with Crippen LogP contribution in [0.5, 0.6) is 23.0 Å². The van der Waals surface area contributed by atoms with Crippen LogP contribution in [0.2, 0.25) is 5.02 Å². The molecule has 2 aliphatic rings. The first-order valence-corrected chi connectivity index (χ1v) is 16.5. The Labute approximate surface area is 278 Å². The number of nitrogens with zero attached hydrogens (tertiary/aromatic N) is 3. The molecule has 3 aromatic carbocycles. The van der Waals surface area contributed by atoms with Crippen LogP contribution in [-0.2, 0) is 15.3 Å². The summed E-state index contributed by atoms with van der Waals surface area (Å²) in [4.78, 5) is 28.8. The topological polar surface area (TPSA) is 120 Å². The maximum absolute atomic E-state index is 13.8. The number of carbonyl (C=O) groups is 2. The van der Waals surface area contributed by atoms with E-state index in [4.69, 9.17) is 30.5 Å². The number of halogens is 1. The van der Waals surface area contributed by atoms with Crippen molar-refractivity contribution in [2.75, 3.05) is 31.3 Å². The third-order valence-electron chi connectivity index (χ3n) is 7.11. The molecule has 6 rings (SSSR count). The fraction of sp³-hybridized carbons (Fsp3) is 0.212. The molecule has 0 bridgehead atoms. The average molecular weight is 678 g/mol. The molecule has 0 spiro atoms. The summed E-state index contributed by atoms with van der Waals surface area (Å²) < 4.78 is 23.5. The number of anilines is 1. The van der Waals surface area contributed by atoms with Gasteiger partial charge in [0.15, 0.2) is 27.3 Å². The van der Waals surface area contributed by atoms with Gasteiger partial charge in [-0.15, -0.1) is 10.2 Å². The molecule has 1 aromatic heterocycles. The van der Waals surface area contributed by atoms with Gasteiger partial charge in [0.05, 0.1) is 18.2 Å². The quantitative estimate of drug-likeness (QED) is 0.0451. The third-order valence-corrected chi connectivity index (χ3v) is 9.58. The summed E-state index contributed by atoms with van der Waals surface area (Å²) >= 11 is 8.89. The fourth-order valence-electron chi connectivity index (χ4n) is 5.04. The highest BCUT2D eigenvalue weighted by Crippen LogP contribution is 2.46. The van der Waals surface area contributed by atoms with Gasteiger partial charge in [-0.3, -0.25) is 14.5 Å². The van der Waals surface area contributed by atoms with Crippen molar-refractivity contribution < 1.29 is 33.6 Å². The van der Waals surface area contributed by atoms with Crippen LogP contribution in [0.4, 0.5) is 5.13 Å². The van der Waals surface area contributed by atoms with Gasteiger partial charge in [-0.05, 0) is 54.4 Å². The number of hydrogen-bond acceptors (Lipinski definition) is 11. The Morgan fingerprint density at radius 2 is 1.89 bits per heavy atom. The Balaban J connectivity index is 1.43. The number of thioether (sulfide) groups is 1. The van der Waals surface area contributed by atoms with Crippen molar-refractivity contribution >= 4 is 57.3 Å². The van der Waals surface area contributed by atoms with Gasteiger partial charge in [0.1, 0.15) is 25.6 Å². The van der Waals surface area contributed by atoms with Gasteiger partial charge in [0.2, 0.25) is 5.13 Å². The second-order valence-corrected chi connectivity index (χ2v) is 12.6. The van der Waals surface area contributed by atoms with E-state index in [0.29, 0.717) is 63.5 Å². The van der Waals surface area contributed by atoms with Crippen LogP contribution in [0.3, 0.4) is 0 Å². The molecule has 0 radical (unpaired) electrons. The Hall–Kier alpha value is -4.52. The van der Waals surface area contributed by atoms with Gasteiger partial charge in [-0.25, -0.2) is 0 Å². The molecular weight excluding hydrogens is 650 g/mol. The van der Waals surface area contributed by atoms with Crippen molar-refractivity contribution in [2.24, 2.45) is 0 Å². The Kier molecular flexibility index (Phi) is 9.48. The van der Waals surface area contributed by atoms with Gasteiger partial charge >= 0.3 is 5.91 Å². The van der Waals surface area contributed by atoms with E-state index in [-0.39, 0.29) is 28.6 Å². The molecule has 0 saturated carbocycles. The molecule has 1 unspecified atom stereocenters. The average Bonchev–Trinajstić information content (AvgIpc) is 3.64. The zero-order chi connectivity index (χ0) is 32.2. The molecule has 3 heterocycles. The maximum atomic E-state index is 13.8. The van der Waals surface area contributed by atoms with Gasteiger partial charge in [0.25, 0.3) is 5.78 Å². The number of amides is 1. The smallest absolute Gasteiger partial charge is 0.301 e. The van der Waals surface area contributed by atoms with E-state index in [2.05, 4.69) is 16.8 Å². The monoisotopic (exact) mass is 677 g/mol. The molecule has 1 fully saturated rings. The van der Waals surface area contributed by atoms with Gasteiger partial charge in [-0.2, -0.15) is 0 Å². The minimum atomic E-state index is -1.06. The van der Waals surface area contributed by atoms with Crippen LogP contribution < -0.4 is 23.8 Å². The highest BCUT2D eigenvalue weighted by molar-refractivity contribution is 8.00. The summed E-state index contributed by atoms with van der Waals surface area (Å²) in [6.07, 6.45) is 1.61.